The van der Waals surface area contributed by atoms with Crippen LogP contribution in [0.3, 0.4) is 0 Å². The lowest BCUT2D eigenvalue weighted by Crippen LogP contribution is -2.02. The molecule has 0 radical (unpaired) electrons. The van der Waals surface area contributed by atoms with Crippen molar-refractivity contribution in [3.05, 3.63) is 65.2 Å². The van der Waals surface area contributed by atoms with Gasteiger partial charge in [0, 0.05) is 12.4 Å². The van der Waals surface area contributed by atoms with Crippen LogP contribution in [0, 0.1) is 0 Å². The minimum Gasteiger partial charge on any atom is -0.493 e. The van der Waals surface area contributed by atoms with Gasteiger partial charge in [0.25, 0.3) is 0 Å². The summed E-state index contributed by atoms with van der Waals surface area (Å²) < 4.78 is 27.1. The Kier molecular flexibility index (Phi) is 6.40. The van der Waals surface area contributed by atoms with Crippen molar-refractivity contribution in [1.82, 2.24) is 9.97 Å². The number of hydrogen-bond donors (Lipinski definition) is 0. The maximum Gasteiger partial charge on any atom is 0.231 e. The Balaban J connectivity index is 1.40. The SMILES string of the molecule is COc1cc(CCc2cncc(CCc3ccc4c(c3)OCO4)n2)cc(OC)c1OC. The number of aryl methyl sites for hydroxylation is 4. The average Bonchev–Trinajstić information content (AvgIpc) is 3.29. The molecule has 2 aromatic carbocycles. The molecule has 7 nitrogen and oxygen atoms in total. The van der Waals surface area contributed by atoms with E-state index < -0.39 is 0 Å². The summed E-state index contributed by atoms with van der Waals surface area (Å²) in [5.41, 5.74) is 4.20. The lowest BCUT2D eigenvalue weighted by molar-refractivity contribution is 0.174. The second kappa shape index (κ2) is 9.55. The quantitative estimate of drug-likeness (QED) is 0.519. The van der Waals surface area contributed by atoms with Crippen LogP contribution in [0.15, 0.2) is 42.7 Å². The van der Waals surface area contributed by atoms with Crippen molar-refractivity contribution in [1.29, 1.82) is 0 Å². The molecule has 0 aliphatic carbocycles. The Morgan fingerprint density at radius 1 is 0.742 bits per heavy atom. The maximum atomic E-state index is 5.46. The fourth-order valence-corrected chi connectivity index (χ4v) is 3.61. The Morgan fingerprint density at radius 2 is 1.39 bits per heavy atom. The molecule has 1 aliphatic heterocycles. The number of rotatable bonds is 9. The Bertz CT molecular complexity index is 1030. The van der Waals surface area contributed by atoms with E-state index >= 15 is 0 Å². The fraction of sp³-hybridized carbons (Fsp3) is 0.333. The van der Waals surface area contributed by atoms with Crippen LogP contribution in [-0.2, 0) is 25.7 Å². The summed E-state index contributed by atoms with van der Waals surface area (Å²) >= 11 is 0. The van der Waals surface area contributed by atoms with Gasteiger partial charge in [-0.25, -0.2) is 0 Å². The van der Waals surface area contributed by atoms with E-state index in [1.807, 2.05) is 36.7 Å². The van der Waals surface area contributed by atoms with Crippen LogP contribution in [0.25, 0.3) is 0 Å². The Morgan fingerprint density at radius 3 is 2.03 bits per heavy atom. The molecule has 0 amide bonds. The third-order valence-electron chi connectivity index (χ3n) is 5.24. The monoisotopic (exact) mass is 422 g/mol. The van der Waals surface area contributed by atoms with Crippen LogP contribution in [0.4, 0.5) is 0 Å². The van der Waals surface area contributed by atoms with Crippen LogP contribution in [0.5, 0.6) is 28.7 Å². The van der Waals surface area contributed by atoms with E-state index in [4.69, 9.17) is 28.7 Å². The van der Waals surface area contributed by atoms with Crippen molar-refractivity contribution in [2.24, 2.45) is 0 Å². The second-order valence-corrected chi connectivity index (χ2v) is 7.22. The van der Waals surface area contributed by atoms with Gasteiger partial charge in [-0.2, -0.15) is 0 Å². The van der Waals surface area contributed by atoms with Crippen molar-refractivity contribution in [2.75, 3.05) is 28.1 Å². The van der Waals surface area contributed by atoms with Crippen LogP contribution in [0.2, 0.25) is 0 Å². The number of methoxy groups -OCH3 is 3. The number of nitrogens with zero attached hydrogens (tertiary/aromatic N) is 2. The molecular formula is C24H26N2O5. The molecule has 0 bridgehead atoms. The Hall–Kier alpha value is -3.48. The van der Waals surface area contributed by atoms with E-state index in [9.17, 15) is 0 Å². The molecule has 0 spiro atoms. The van der Waals surface area contributed by atoms with Gasteiger partial charge in [0.2, 0.25) is 12.5 Å². The Labute approximate surface area is 181 Å². The first-order chi connectivity index (χ1) is 15.2. The third kappa shape index (κ3) is 4.82. The number of fused-ring (bicyclic) bond motifs is 1. The molecule has 0 saturated carbocycles. The van der Waals surface area contributed by atoms with Gasteiger partial charge in [-0.1, -0.05) is 6.07 Å². The summed E-state index contributed by atoms with van der Waals surface area (Å²) in [5.74, 6) is 3.51. The molecule has 2 heterocycles. The van der Waals surface area contributed by atoms with Crippen LogP contribution in [0.1, 0.15) is 22.5 Å². The van der Waals surface area contributed by atoms with Gasteiger partial charge in [0.05, 0.1) is 32.7 Å². The highest BCUT2D eigenvalue weighted by Gasteiger charge is 2.14. The predicted octanol–water partition coefficient (Wildman–Crippen LogP) is 3.80. The zero-order chi connectivity index (χ0) is 21.6. The molecule has 0 atom stereocenters. The molecule has 0 fully saturated rings. The standard InChI is InChI=1S/C24H26N2O5/c1-27-22-11-17(12-23(28-2)24(22)29-3)5-8-19-14-25-13-18(26-19)7-4-16-6-9-20-21(10-16)31-15-30-20/h6,9-14H,4-5,7-8,15H2,1-3H3. The number of benzene rings is 2. The smallest absolute Gasteiger partial charge is 0.231 e. The van der Waals surface area contributed by atoms with Crippen molar-refractivity contribution >= 4 is 0 Å². The van der Waals surface area contributed by atoms with E-state index in [0.717, 1.165) is 54.1 Å². The van der Waals surface area contributed by atoms with E-state index in [2.05, 4.69) is 11.1 Å². The largest absolute Gasteiger partial charge is 0.493 e. The molecule has 1 aromatic heterocycles. The molecule has 7 heteroatoms. The minimum atomic E-state index is 0.290. The van der Waals surface area contributed by atoms with Gasteiger partial charge >= 0.3 is 0 Å². The molecule has 31 heavy (non-hydrogen) atoms. The zero-order valence-electron chi connectivity index (χ0n) is 18.0. The molecule has 0 N–H and O–H groups in total. The van der Waals surface area contributed by atoms with E-state index in [-0.39, 0.29) is 6.79 Å². The lowest BCUT2D eigenvalue weighted by Gasteiger charge is -2.14. The van der Waals surface area contributed by atoms with Gasteiger partial charge in [0.15, 0.2) is 23.0 Å². The number of hydrogen-bond acceptors (Lipinski definition) is 7. The maximum absolute atomic E-state index is 5.46. The van der Waals surface area contributed by atoms with Gasteiger partial charge in [0.1, 0.15) is 0 Å². The van der Waals surface area contributed by atoms with Crippen molar-refractivity contribution in [3.8, 4) is 28.7 Å². The first kappa shape index (κ1) is 20.8. The predicted molar refractivity (Wildman–Crippen MR) is 116 cm³/mol. The average molecular weight is 422 g/mol. The van der Waals surface area contributed by atoms with Crippen molar-refractivity contribution in [2.45, 2.75) is 25.7 Å². The van der Waals surface area contributed by atoms with Gasteiger partial charge in [-0.15, -0.1) is 0 Å². The molecule has 4 rings (SSSR count). The van der Waals surface area contributed by atoms with Gasteiger partial charge < -0.3 is 23.7 Å². The highest BCUT2D eigenvalue weighted by molar-refractivity contribution is 5.54. The third-order valence-corrected chi connectivity index (χ3v) is 5.24. The summed E-state index contributed by atoms with van der Waals surface area (Å²) in [6.07, 6.45) is 6.88. The van der Waals surface area contributed by atoms with Crippen molar-refractivity contribution < 1.29 is 23.7 Å². The minimum absolute atomic E-state index is 0.290. The molecule has 162 valence electrons. The van der Waals surface area contributed by atoms with Crippen LogP contribution in [-0.4, -0.2) is 38.1 Å². The highest BCUT2D eigenvalue weighted by atomic mass is 16.7. The fourth-order valence-electron chi connectivity index (χ4n) is 3.61. The van der Waals surface area contributed by atoms with Crippen LogP contribution >= 0.6 is 0 Å². The summed E-state index contributed by atoms with van der Waals surface area (Å²) in [4.78, 5) is 9.17. The highest BCUT2D eigenvalue weighted by Crippen LogP contribution is 2.38. The molecular weight excluding hydrogens is 396 g/mol. The normalized spacial score (nSPS) is 12.0. The first-order valence-corrected chi connectivity index (χ1v) is 10.2. The first-order valence-electron chi connectivity index (χ1n) is 10.2. The van der Waals surface area contributed by atoms with E-state index in [1.165, 1.54) is 5.56 Å². The second-order valence-electron chi connectivity index (χ2n) is 7.22. The van der Waals surface area contributed by atoms with Gasteiger partial charge in [-0.3, -0.25) is 9.97 Å². The summed E-state index contributed by atoms with van der Waals surface area (Å²) in [6, 6.07) is 9.99. The molecule has 0 saturated heterocycles. The lowest BCUT2D eigenvalue weighted by atomic mass is 10.1. The molecule has 3 aromatic rings. The molecule has 0 unspecified atom stereocenters. The zero-order valence-corrected chi connectivity index (χ0v) is 18.0. The summed E-state index contributed by atoms with van der Waals surface area (Å²) in [6.45, 7) is 0.290. The summed E-state index contributed by atoms with van der Waals surface area (Å²) in [5, 5.41) is 0. The number of aromatic nitrogens is 2. The van der Waals surface area contributed by atoms with Crippen molar-refractivity contribution in [3.63, 3.8) is 0 Å². The van der Waals surface area contributed by atoms with E-state index in [1.54, 1.807) is 21.3 Å². The van der Waals surface area contributed by atoms with Gasteiger partial charge in [-0.05, 0) is 61.1 Å². The number of ether oxygens (including phenoxy) is 5. The molecule has 1 aliphatic rings. The topological polar surface area (TPSA) is 71.9 Å². The summed E-state index contributed by atoms with van der Waals surface area (Å²) in [7, 11) is 4.84. The van der Waals surface area contributed by atoms with E-state index in [0.29, 0.717) is 17.2 Å². The van der Waals surface area contributed by atoms with Crippen LogP contribution < -0.4 is 23.7 Å².